The van der Waals surface area contributed by atoms with Crippen LogP contribution >= 0.6 is 0 Å². The fourth-order valence-electron chi connectivity index (χ4n) is 2.77. The molecule has 0 bridgehead atoms. The zero-order valence-corrected chi connectivity index (χ0v) is 11.1. The van der Waals surface area contributed by atoms with Crippen molar-refractivity contribution in [2.24, 2.45) is 0 Å². The Morgan fingerprint density at radius 1 is 1.21 bits per heavy atom. The molecule has 2 rings (SSSR count). The molecule has 1 atom stereocenters. The molecule has 1 aromatic rings. The Balaban J connectivity index is 2.05. The predicted molar refractivity (Wildman–Crippen MR) is 71.3 cm³/mol. The lowest BCUT2D eigenvalue weighted by Gasteiger charge is -2.37. The third kappa shape index (κ3) is 3.74. The summed E-state index contributed by atoms with van der Waals surface area (Å²) >= 11 is 0. The number of aliphatic hydroxyl groups is 1. The van der Waals surface area contributed by atoms with Gasteiger partial charge >= 0.3 is 0 Å². The first-order chi connectivity index (χ1) is 9.13. The summed E-state index contributed by atoms with van der Waals surface area (Å²) < 4.78 is 28.5. The van der Waals surface area contributed by atoms with Crippen LogP contribution in [-0.2, 0) is 5.92 Å². The van der Waals surface area contributed by atoms with Gasteiger partial charge in [-0.25, -0.2) is 0 Å². The highest BCUT2D eigenvalue weighted by Crippen LogP contribution is 2.31. The minimum atomic E-state index is -2.83. The normalized spacial score (nSPS) is 21.5. The fraction of sp³-hybridized carbons (Fsp3) is 0.600. The van der Waals surface area contributed by atoms with E-state index in [9.17, 15) is 8.78 Å². The van der Waals surface area contributed by atoms with Gasteiger partial charge in [-0.15, -0.1) is 0 Å². The summed E-state index contributed by atoms with van der Waals surface area (Å²) in [6.45, 7) is 0.521. The molecule has 0 amide bonds. The van der Waals surface area contributed by atoms with E-state index in [1.807, 2.05) is 4.90 Å². The quantitative estimate of drug-likeness (QED) is 0.888. The highest BCUT2D eigenvalue weighted by atomic mass is 19.3. The molecule has 1 aliphatic heterocycles. The van der Waals surface area contributed by atoms with E-state index in [1.54, 1.807) is 18.2 Å². The molecule has 0 aromatic heterocycles. The number of benzene rings is 1. The Bertz CT molecular complexity index is 381. The molecular weight excluding hydrogens is 248 g/mol. The van der Waals surface area contributed by atoms with E-state index in [1.165, 1.54) is 12.1 Å². The lowest BCUT2D eigenvalue weighted by Crippen LogP contribution is -2.45. The second-order valence-electron chi connectivity index (χ2n) is 5.20. The smallest absolute Gasteiger partial charge is 0.285 e. The van der Waals surface area contributed by atoms with Crippen molar-refractivity contribution < 1.29 is 13.9 Å². The molecule has 1 aromatic carbocycles. The van der Waals surface area contributed by atoms with Crippen LogP contribution in [0.25, 0.3) is 0 Å². The molecule has 106 valence electrons. The number of nitrogens with zero attached hydrogens (tertiary/aromatic N) is 1. The van der Waals surface area contributed by atoms with Gasteiger partial charge in [0.25, 0.3) is 5.92 Å². The molecule has 1 fully saturated rings. The van der Waals surface area contributed by atoms with Gasteiger partial charge in [0, 0.05) is 18.2 Å². The summed E-state index contributed by atoms with van der Waals surface area (Å²) in [5, 5.41) is 9.04. The van der Waals surface area contributed by atoms with E-state index < -0.39 is 5.92 Å². The zero-order chi connectivity index (χ0) is 13.7. The van der Waals surface area contributed by atoms with Gasteiger partial charge in [0.2, 0.25) is 0 Å². The molecule has 0 saturated carbocycles. The first-order valence-electron chi connectivity index (χ1n) is 6.92. The topological polar surface area (TPSA) is 23.5 Å². The van der Waals surface area contributed by atoms with Gasteiger partial charge in [0.15, 0.2) is 0 Å². The number of hydrogen-bond acceptors (Lipinski definition) is 2. The maximum atomic E-state index is 14.2. The van der Waals surface area contributed by atoms with Gasteiger partial charge in [-0.3, -0.25) is 4.90 Å². The maximum Gasteiger partial charge on any atom is 0.285 e. The van der Waals surface area contributed by atoms with Crippen LogP contribution in [0.4, 0.5) is 8.78 Å². The average molecular weight is 269 g/mol. The van der Waals surface area contributed by atoms with E-state index in [0.717, 1.165) is 19.3 Å². The van der Waals surface area contributed by atoms with Crippen molar-refractivity contribution in [2.45, 2.75) is 37.6 Å². The number of likely N-dealkylation sites (tertiary alicyclic amines) is 1. The summed E-state index contributed by atoms with van der Waals surface area (Å²) in [4.78, 5) is 1.84. The largest absolute Gasteiger partial charge is 0.396 e. The third-order valence-corrected chi connectivity index (χ3v) is 3.81. The van der Waals surface area contributed by atoms with Crippen molar-refractivity contribution in [1.82, 2.24) is 4.90 Å². The van der Waals surface area contributed by atoms with Crippen LogP contribution in [0.1, 0.15) is 31.2 Å². The third-order valence-electron chi connectivity index (χ3n) is 3.81. The van der Waals surface area contributed by atoms with Gasteiger partial charge in [-0.05, 0) is 25.8 Å². The van der Waals surface area contributed by atoms with Crippen molar-refractivity contribution in [2.75, 3.05) is 19.7 Å². The van der Waals surface area contributed by atoms with Gasteiger partial charge in [-0.2, -0.15) is 8.78 Å². The number of halogens is 2. The molecule has 1 unspecified atom stereocenters. The molecular formula is C15H21F2NO. The molecule has 2 nitrogen and oxygen atoms in total. The lowest BCUT2D eigenvalue weighted by atomic mass is 9.98. The molecule has 1 aliphatic rings. The first-order valence-corrected chi connectivity index (χ1v) is 6.92. The molecule has 0 radical (unpaired) electrons. The van der Waals surface area contributed by atoms with E-state index >= 15 is 0 Å². The first kappa shape index (κ1) is 14.4. The highest BCUT2D eigenvalue weighted by molar-refractivity contribution is 5.20. The van der Waals surface area contributed by atoms with Gasteiger partial charge < -0.3 is 5.11 Å². The summed E-state index contributed by atoms with van der Waals surface area (Å²) in [6, 6.07) is 8.08. The predicted octanol–water partition coefficient (Wildman–Crippen LogP) is 3.02. The van der Waals surface area contributed by atoms with E-state index in [4.69, 9.17) is 5.11 Å². The lowest BCUT2D eigenvalue weighted by molar-refractivity contribution is -0.0566. The van der Waals surface area contributed by atoms with Crippen LogP contribution in [0.15, 0.2) is 30.3 Å². The van der Waals surface area contributed by atoms with E-state index in [-0.39, 0.29) is 24.8 Å². The Morgan fingerprint density at radius 2 is 1.95 bits per heavy atom. The van der Waals surface area contributed by atoms with Gasteiger partial charge in [0.05, 0.1) is 6.54 Å². The average Bonchev–Trinajstić information content (AvgIpc) is 2.42. The summed E-state index contributed by atoms with van der Waals surface area (Å²) in [6.07, 6.45) is 3.53. The molecule has 4 heteroatoms. The molecule has 1 heterocycles. The van der Waals surface area contributed by atoms with Crippen LogP contribution in [0.3, 0.4) is 0 Å². The van der Waals surface area contributed by atoms with Crippen LogP contribution < -0.4 is 0 Å². The zero-order valence-electron chi connectivity index (χ0n) is 11.1. The van der Waals surface area contributed by atoms with Crippen molar-refractivity contribution in [3.63, 3.8) is 0 Å². The molecule has 1 N–H and O–H groups in total. The SMILES string of the molecule is OCCC1CCCCN1CC(F)(F)c1ccccc1. The van der Waals surface area contributed by atoms with Crippen LogP contribution in [0.5, 0.6) is 0 Å². The van der Waals surface area contributed by atoms with Crippen molar-refractivity contribution in [3.05, 3.63) is 35.9 Å². The number of aliphatic hydroxyl groups excluding tert-OH is 1. The van der Waals surface area contributed by atoms with E-state index in [0.29, 0.717) is 13.0 Å². The maximum absolute atomic E-state index is 14.2. The second-order valence-corrected chi connectivity index (χ2v) is 5.20. The highest BCUT2D eigenvalue weighted by Gasteiger charge is 2.36. The van der Waals surface area contributed by atoms with Crippen LogP contribution in [0.2, 0.25) is 0 Å². The monoisotopic (exact) mass is 269 g/mol. The van der Waals surface area contributed by atoms with Gasteiger partial charge in [-0.1, -0.05) is 36.8 Å². The Kier molecular flexibility index (Phi) is 4.88. The molecule has 0 aliphatic carbocycles. The Hall–Kier alpha value is -1.00. The molecule has 1 saturated heterocycles. The van der Waals surface area contributed by atoms with Crippen LogP contribution in [0, 0.1) is 0 Å². The number of piperidine rings is 1. The fourth-order valence-corrected chi connectivity index (χ4v) is 2.77. The number of rotatable bonds is 5. The van der Waals surface area contributed by atoms with Crippen LogP contribution in [-0.4, -0.2) is 35.7 Å². The van der Waals surface area contributed by atoms with E-state index in [2.05, 4.69) is 0 Å². The molecule has 19 heavy (non-hydrogen) atoms. The summed E-state index contributed by atoms with van der Waals surface area (Å²) in [5.74, 6) is -2.83. The van der Waals surface area contributed by atoms with Gasteiger partial charge in [0.1, 0.15) is 0 Å². The van der Waals surface area contributed by atoms with Crippen molar-refractivity contribution in [3.8, 4) is 0 Å². The van der Waals surface area contributed by atoms with Crippen molar-refractivity contribution in [1.29, 1.82) is 0 Å². The van der Waals surface area contributed by atoms with Crippen molar-refractivity contribution >= 4 is 0 Å². The second kappa shape index (κ2) is 6.44. The Morgan fingerprint density at radius 3 is 2.63 bits per heavy atom. The standard InChI is InChI=1S/C15H21F2NO/c16-15(17,13-6-2-1-3-7-13)12-18-10-5-4-8-14(18)9-11-19/h1-3,6-7,14,19H,4-5,8-12H2. The number of hydrogen-bond donors (Lipinski definition) is 1. The minimum absolute atomic E-state index is 0.0675. The summed E-state index contributed by atoms with van der Waals surface area (Å²) in [7, 11) is 0. The Labute approximate surface area is 113 Å². The minimum Gasteiger partial charge on any atom is -0.396 e. The molecule has 0 spiro atoms. The summed E-state index contributed by atoms with van der Waals surface area (Å²) in [5.41, 5.74) is 0.0725. The number of alkyl halides is 2.